The Balaban J connectivity index is 1.80. The lowest BCUT2D eigenvalue weighted by Crippen LogP contribution is -2.51. The first-order valence-corrected chi connectivity index (χ1v) is 10.4. The summed E-state index contributed by atoms with van der Waals surface area (Å²) in [7, 11) is -1.60. The highest BCUT2D eigenvalue weighted by molar-refractivity contribution is 7.88. The molecule has 140 valence electrons. The van der Waals surface area contributed by atoms with E-state index in [1.165, 1.54) is 10.6 Å². The standard InChI is InChI=1S/C16H26N4O4S/c1-4-20-14(5-7-17-20)15(21)18-8-6-16(12-24-2)11-19(25(3,22)23)10-13(16)9-18/h5,7,13H,4,6,8-12H2,1-3H3/t13-,16+/m1/s1. The maximum absolute atomic E-state index is 12.9. The van der Waals surface area contributed by atoms with Gasteiger partial charge < -0.3 is 9.64 Å². The second-order valence-corrected chi connectivity index (χ2v) is 9.06. The fraction of sp³-hybridized carbons (Fsp3) is 0.750. The predicted molar refractivity (Wildman–Crippen MR) is 92.6 cm³/mol. The third-order valence-electron chi connectivity index (χ3n) is 5.52. The first-order chi connectivity index (χ1) is 11.8. The van der Waals surface area contributed by atoms with E-state index in [2.05, 4.69) is 5.10 Å². The molecule has 0 radical (unpaired) electrons. The number of methoxy groups -OCH3 is 1. The van der Waals surface area contributed by atoms with Gasteiger partial charge in [0.2, 0.25) is 10.0 Å². The van der Waals surface area contributed by atoms with Gasteiger partial charge in [0.25, 0.3) is 5.91 Å². The normalized spacial score (nSPS) is 27.5. The third kappa shape index (κ3) is 3.32. The summed E-state index contributed by atoms with van der Waals surface area (Å²) in [6.45, 7) is 5.16. The number of amides is 1. The Labute approximate surface area is 148 Å². The Bertz CT molecular complexity index is 747. The van der Waals surface area contributed by atoms with Gasteiger partial charge in [-0.2, -0.15) is 5.10 Å². The van der Waals surface area contributed by atoms with E-state index in [0.29, 0.717) is 45.0 Å². The van der Waals surface area contributed by atoms with Gasteiger partial charge in [-0.25, -0.2) is 12.7 Å². The average Bonchev–Trinajstić information content (AvgIpc) is 3.17. The summed E-state index contributed by atoms with van der Waals surface area (Å²) < 4.78 is 32.6. The van der Waals surface area contributed by atoms with E-state index in [1.807, 2.05) is 11.8 Å². The number of nitrogens with zero attached hydrogens (tertiary/aromatic N) is 4. The van der Waals surface area contributed by atoms with Crippen LogP contribution in [-0.2, 0) is 21.3 Å². The molecule has 1 aromatic rings. The highest BCUT2D eigenvalue weighted by atomic mass is 32.2. The Morgan fingerprint density at radius 2 is 2.20 bits per heavy atom. The number of fused-ring (bicyclic) bond motifs is 1. The molecule has 0 aliphatic carbocycles. The van der Waals surface area contributed by atoms with Gasteiger partial charge in [0.1, 0.15) is 5.69 Å². The number of carbonyl (C=O) groups excluding carboxylic acids is 1. The van der Waals surface area contributed by atoms with Crippen molar-refractivity contribution >= 4 is 15.9 Å². The molecule has 0 bridgehead atoms. The Hall–Kier alpha value is -1.45. The minimum atomic E-state index is -3.25. The summed E-state index contributed by atoms with van der Waals surface area (Å²) in [5.41, 5.74) is 0.374. The molecule has 2 aliphatic rings. The van der Waals surface area contributed by atoms with E-state index in [9.17, 15) is 13.2 Å². The van der Waals surface area contributed by atoms with Crippen LogP contribution < -0.4 is 0 Å². The Morgan fingerprint density at radius 1 is 1.44 bits per heavy atom. The molecular formula is C16H26N4O4S. The molecule has 3 heterocycles. The first-order valence-electron chi connectivity index (χ1n) is 8.56. The van der Waals surface area contributed by atoms with Crippen LogP contribution in [-0.4, -0.2) is 79.5 Å². The molecule has 0 N–H and O–H groups in total. The smallest absolute Gasteiger partial charge is 0.272 e. The molecule has 2 atom stereocenters. The number of piperidine rings is 1. The summed E-state index contributed by atoms with van der Waals surface area (Å²) in [5, 5.41) is 4.17. The number of aryl methyl sites for hydroxylation is 1. The SMILES string of the molecule is CCn1nccc1C(=O)N1CC[C@@]2(COC)CN(S(C)(=O)=O)C[C@H]2C1. The predicted octanol–water partition coefficient (Wildman–Crippen LogP) is 0.273. The molecule has 2 aliphatic heterocycles. The summed E-state index contributed by atoms with van der Waals surface area (Å²) in [6, 6.07) is 1.74. The topological polar surface area (TPSA) is 84.7 Å². The second kappa shape index (κ2) is 6.69. The van der Waals surface area contributed by atoms with Crippen LogP contribution >= 0.6 is 0 Å². The number of sulfonamides is 1. The lowest BCUT2D eigenvalue weighted by atomic mass is 9.73. The van der Waals surface area contributed by atoms with E-state index in [-0.39, 0.29) is 17.2 Å². The van der Waals surface area contributed by atoms with E-state index < -0.39 is 10.0 Å². The quantitative estimate of drug-likeness (QED) is 0.743. The van der Waals surface area contributed by atoms with Gasteiger partial charge >= 0.3 is 0 Å². The van der Waals surface area contributed by atoms with Crippen molar-refractivity contribution in [3.63, 3.8) is 0 Å². The molecule has 1 aromatic heterocycles. The fourth-order valence-electron chi connectivity index (χ4n) is 4.12. The van der Waals surface area contributed by atoms with Crippen molar-refractivity contribution in [3.05, 3.63) is 18.0 Å². The third-order valence-corrected chi connectivity index (χ3v) is 6.74. The summed E-state index contributed by atoms with van der Waals surface area (Å²) in [4.78, 5) is 14.7. The van der Waals surface area contributed by atoms with Gasteiger partial charge in [0.05, 0.1) is 12.9 Å². The van der Waals surface area contributed by atoms with Crippen LogP contribution in [0, 0.1) is 11.3 Å². The highest BCUT2D eigenvalue weighted by Crippen LogP contribution is 2.44. The van der Waals surface area contributed by atoms with Gasteiger partial charge in [-0.3, -0.25) is 9.48 Å². The molecule has 0 saturated carbocycles. The number of aromatic nitrogens is 2. The number of carbonyl (C=O) groups is 1. The van der Waals surface area contributed by atoms with Gasteiger partial charge in [-0.1, -0.05) is 0 Å². The molecule has 3 rings (SSSR count). The van der Waals surface area contributed by atoms with Crippen LogP contribution in [0.2, 0.25) is 0 Å². The molecular weight excluding hydrogens is 344 g/mol. The van der Waals surface area contributed by atoms with Crippen molar-refractivity contribution < 1.29 is 17.9 Å². The van der Waals surface area contributed by atoms with Crippen molar-refractivity contribution in [1.29, 1.82) is 0 Å². The molecule has 0 unspecified atom stereocenters. The Kier molecular flexibility index (Phi) is 4.91. The molecule has 0 aromatic carbocycles. The van der Waals surface area contributed by atoms with Crippen molar-refractivity contribution in [2.24, 2.45) is 11.3 Å². The summed E-state index contributed by atoms with van der Waals surface area (Å²) in [6.07, 6.45) is 3.62. The molecule has 1 amide bonds. The largest absolute Gasteiger partial charge is 0.384 e. The second-order valence-electron chi connectivity index (χ2n) is 7.08. The molecule has 8 nitrogen and oxygen atoms in total. The zero-order chi connectivity index (χ0) is 18.2. The van der Waals surface area contributed by atoms with E-state index in [4.69, 9.17) is 4.74 Å². The van der Waals surface area contributed by atoms with Crippen molar-refractivity contribution in [2.45, 2.75) is 19.9 Å². The fourth-order valence-corrected chi connectivity index (χ4v) is 5.06. The van der Waals surface area contributed by atoms with Crippen molar-refractivity contribution in [3.8, 4) is 0 Å². The first kappa shape index (κ1) is 18.3. The molecule has 25 heavy (non-hydrogen) atoms. The van der Waals surface area contributed by atoms with Gasteiger partial charge in [-0.15, -0.1) is 0 Å². The monoisotopic (exact) mass is 370 g/mol. The van der Waals surface area contributed by atoms with Crippen LogP contribution in [0.15, 0.2) is 12.3 Å². The lowest BCUT2D eigenvalue weighted by molar-refractivity contribution is 0.00302. The van der Waals surface area contributed by atoms with E-state index in [1.54, 1.807) is 24.1 Å². The van der Waals surface area contributed by atoms with Crippen LogP contribution in [0.25, 0.3) is 0 Å². The number of hydrogen-bond donors (Lipinski definition) is 0. The number of likely N-dealkylation sites (tertiary alicyclic amines) is 1. The van der Waals surface area contributed by atoms with E-state index in [0.717, 1.165) is 6.42 Å². The van der Waals surface area contributed by atoms with Gasteiger partial charge in [0.15, 0.2) is 0 Å². The molecule has 9 heteroatoms. The number of ether oxygens (including phenoxy) is 1. The highest BCUT2D eigenvalue weighted by Gasteiger charge is 2.52. The molecule has 2 saturated heterocycles. The maximum atomic E-state index is 12.9. The number of hydrogen-bond acceptors (Lipinski definition) is 5. The van der Waals surface area contributed by atoms with Crippen LogP contribution in [0.3, 0.4) is 0 Å². The van der Waals surface area contributed by atoms with Crippen LogP contribution in [0.5, 0.6) is 0 Å². The lowest BCUT2D eigenvalue weighted by Gasteiger charge is -2.43. The average molecular weight is 370 g/mol. The van der Waals surface area contributed by atoms with Gasteiger partial charge in [0, 0.05) is 51.4 Å². The minimum absolute atomic E-state index is 0.0387. The minimum Gasteiger partial charge on any atom is -0.384 e. The van der Waals surface area contributed by atoms with Crippen LogP contribution in [0.1, 0.15) is 23.8 Å². The zero-order valence-electron chi connectivity index (χ0n) is 15.0. The van der Waals surface area contributed by atoms with Crippen LogP contribution in [0.4, 0.5) is 0 Å². The van der Waals surface area contributed by atoms with Crippen molar-refractivity contribution in [1.82, 2.24) is 19.0 Å². The van der Waals surface area contributed by atoms with E-state index >= 15 is 0 Å². The maximum Gasteiger partial charge on any atom is 0.272 e. The summed E-state index contributed by atoms with van der Waals surface area (Å²) >= 11 is 0. The Morgan fingerprint density at radius 3 is 2.84 bits per heavy atom. The molecule has 2 fully saturated rings. The van der Waals surface area contributed by atoms with Crippen molar-refractivity contribution in [2.75, 3.05) is 46.2 Å². The summed E-state index contributed by atoms with van der Waals surface area (Å²) in [5.74, 6) is 0.0426. The number of rotatable bonds is 5. The van der Waals surface area contributed by atoms with Gasteiger partial charge in [-0.05, 0) is 25.3 Å². The zero-order valence-corrected chi connectivity index (χ0v) is 15.8. The molecule has 0 spiro atoms.